The third-order valence-corrected chi connectivity index (χ3v) is 6.61. The summed E-state index contributed by atoms with van der Waals surface area (Å²) in [5, 5.41) is 3.70. The molecule has 5 nitrogen and oxygen atoms in total. The highest BCUT2D eigenvalue weighted by atomic mass is 32.2. The van der Waals surface area contributed by atoms with Gasteiger partial charge in [-0.05, 0) is 63.5 Å². The molecule has 2 heterocycles. The SMILES string of the molecule is CS(=O)(=O)c1ccccc1CN1CCC(NCCN2CCCC2)CC1. The summed E-state index contributed by atoms with van der Waals surface area (Å²) in [7, 11) is -3.16. The van der Waals surface area contributed by atoms with Crippen molar-refractivity contribution >= 4 is 9.84 Å². The van der Waals surface area contributed by atoms with E-state index in [4.69, 9.17) is 0 Å². The van der Waals surface area contributed by atoms with Gasteiger partial charge in [-0.2, -0.15) is 0 Å². The normalized spacial score (nSPS) is 21.0. The van der Waals surface area contributed by atoms with Gasteiger partial charge in [-0.1, -0.05) is 18.2 Å². The molecule has 2 aliphatic heterocycles. The molecule has 2 fully saturated rings. The van der Waals surface area contributed by atoms with E-state index in [1.165, 1.54) is 38.7 Å². The Balaban J connectivity index is 1.43. The number of hydrogen-bond donors (Lipinski definition) is 1. The van der Waals surface area contributed by atoms with E-state index < -0.39 is 9.84 Å². The van der Waals surface area contributed by atoms with Gasteiger partial charge < -0.3 is 10.2 Å². The Morgan fingerprint density at radius 1 is 1.04 bits per heavy atom. The molecule has 25 heavy (non-hydrogen) atoms. The van der Waals surface area contributed by atoms with E-state index in [2.05, 4.69) is 15.1 Å². The molecule has 3 rings (SSSR count). The van der Waals surface area contributed by atoms with Gasteiger partial charge in [0.2, 0.25) is 0 Å². The van der Waals surface area contributed by atoms with Crippen LogP contribution >= 0.6 is 0 Å². The molecule has 0 spiro atoms. The zero-order valence-electron chi connectivity index (χ0n) is 15.3. The molecule has 6 heteroatoms. The van der Waals surface area contributed by atoms with E-state index in [9.17, 15) is 8.42 Å². The first-order valence-corrected chi connectivity index (χ1v) is 11.4. The van der Waals surface area contributed by atoms with Crippen LogP contribution in [0.2, 0.25) is 0 Å². The third-order valence-electron chi connectivity index (χ3n) is 5.41. The quantitative estimate of drug-likeness (QED) is 0.798. The predicted octanol–water partition coefficient (Wildman–Crippen LogP) is 1.74. The molecule has 0 saturated carbocycles. The van der Waals surface area contributed by atoms with Gasteiger partial charge in [0.15, 0.2) is 9.84 Å². The Morgan fingerprint density at radius 2 is 1.72 bits per heavy atom. The summed E-state index contributed by atoms with van der Waals surface area (Å²) in [6.07, 6.45) is 6.28. The Bertz CT molecular complexity index is 648. The van der Waals surface area contributed by atoms with Crippen LogP contribution in [0.3, 0.4) is 0 Å². The molecule has 0 aromatic heterocycles. The molecule has 140 valence electrons. The zero-order valence-corrected chi connectivity index (χ0v) is 16.1. The molecule has 1 aromatic carbocycles. The largest absolute Gasteiger partial charge is 0.313 e. The molecule has 2 aliphatic rings. The maximum absolute atomic E-state index is 11.9. The molecule has 0 bridgehead atoms. The maximum Gasteiger partial charge on any atom is 0.175 e. The van der Waals surface area contributed by atoms with Gasteiger partial charge in [0.05, 0.1) is 4.90 Å². The maximum atomic E-state index is 11.9. The van der Waals surface area contributed by atoms with Crippen LogP contribution in [0.15, 0.2) is 29.2 Å². The molecule has 0 unspecified atom stereocenters. The van der Waals surface area contributed by atoms with Crippen molar-refractivity contribution in [3.63, 3.8) is 0 Å². The van der Waals surface area contributed by atoms with Crippen molar-refractivity contribution in [3.8, 4) is 0 Å². The van der Waals surface area contributed by atoms with Crippen molar-refractivity contribution in [1.29, 1.82) is 0 Å². The highest BCUT2D eigenvalue weighted by Crippen LogP contribution is 2.20. The van der Waals surface area contributed by atoms with Crippen molar-refractivity contribution in [2.75, 3.05) is 45.5 Å². The van der Waals surface area contributed by atoms with Gasteiger partial charge >= 0.3 is 0 Å². The highest BCUT2D eigenvalue weighted by Gasteiger charge is 2.21. The molecule has 0 radical (unpaired) electrons. The Labute approximate surface area is 152 Å². The summed E-state index contributed by atoms with van der Waals surface area (Å²) in [5.41, 5.74) is 0.922. The number of nitrogens with zero attached hydrogens (tertiary/aromatic N) is 2. The summed E-state index contributed by atoms with van der Waals surface area (Å²) < 4.78 is 23.9. The molecule has 1 N–H and O–H groups in total. The minimum absolute atomic E-state index is 0.473. The van der Waals surface area contributed by atoms with Crippen LogP contribution in [0.4, 0.5) is 0 Å². The Hall–Kier alpha value is -0.950. The molecule has 0 amide bonds. The standard InChI is InChI=1S/C19H31N3O2S/c1-25(23,24)19-7-3-2-6-17(19)16-22-13-8-18(9-14-22)20-10-15-21-11-4-5-12-21/h2-3,6-7,18,20H,4-5,8-16H2,1H3. The fourth-order valence-corrected chi connectivity index (χ4v) is 4.90. The summed E-state index contributed by atoms with van der Waals surface area (Å²) in [5.74, 6) is 0. The van der Waals surface area contributed by atoms with Crippen LogP contribution in [0, 0.1) is 0 Å². The van der Waals surface area contributed by atoms with Crippen molar-refractivity contribution in [1.82, 2.24) is 15.1 Å². The number of sulfone groups is 1. The average molecular weight is 366 g/mol. The Morgan fingerprint density at radius 3 is 2.40 bits per heavy atom. The number of nitrogens with one attached hydrogen (secondary N) is 1. The number of rotatable bonds is 7. The fraction of sp³-hybridized carbons (Fsp3) is 0.684. The lowest BCUT2D eigenvalue weighted by molar-refractivity contribution is 0.187. The average Bonchev–Trinajstić information content (AvgIpc) is 3.09. The van der Waals surface area contributed by atoms with Crippen LogP contribution < -0.4 is 5.32 Å². The van der Waals surface area contributed by atoms with E-state index >= 15 is 0 Å². The van der Waals surface area contributed by atoms with E-state index in [1.807, 2.05) is 12.1 Å². The number of hydrogen-bond acceptors (Lipinski definition) is 5. The second-order valence-corrected chi connectivity index (χ2v) is 9.42. The van der Waals surface area contributed by atoms with Crippen LogP contribution in [0.5, 0.6) is 0 Å². The smallest absolute Gasteiger partial charge is 0.175 e. The van der Waals surface area contributed by atoms with Crippen molar-refractivity contribution in [2.24, 2.45) is 0 Å². The first kappa shape index (κ1) is 18.8. The summed E-state index contributed by atoms with van der Waals surface area (Å²) >= 11 is 0. The highest BCUT2D eigenvalue weighted by molar-refractivity contribution is 7.90. The first-order chi connectivity index (χ1) is 12.0. The second kappa shape index (κ2) is 8.62. The molecular weight excluding hydrogens is 334 g/mol. The third kappa shape index (κ3) is 5.51. The lowest BCUT2D eigenvalue weighted by Gasteiger charge is -2.33. The molecule has 0 aliphatic carbocycles. The molecular formula is C19H31N3O2S. The van der Waals surface area contributed by atoms with E-state index in [1.54, 1.807) is 12.1 Å². The van der Waals surface area contributed by atoms with Crippen LogP contribution in [0.1, 0.15) is 31.2 Å². The minimum Gasteiger partial charge on any atom is -0.313 e. The van der Waals surface area contributed by atoms with Crippen LogP contribution in [-0.2, 0) is 16.4 Å². The minimum atomic E-state index is -3.16. The molecule has 2 saturated heterocycles. The van der Waals surface area contributed by atoms with Gasteiger partial charge in [-0.25, -0.2) is 8.42 Å². The monoisotopic (exact) mass is 365 g/mol. The fourth-order valence-electron chi connectivity index (χ4n) is 3.97. The second-order valence-electron chi connectivity index (χ2n) is 7.43. The van der Waals surface area contributed by atoms with E-state index in [-0.39, 0.29) is 0 Å². The van der Waals surface area contributed by atoms with Crippen molar-refractivity contribution in [3.05, 3.63) is 29.8 Å². The van der Waals surface area contributed by atoms with Gasteiger partial charge in [0, 0.05) is 31.9 Å². The lowest BCUT2D eigenvalue weighted by atomic mass is 10.0. The summed E-state index contributed by atoms with van der Waals surface area (Å²) in [4.78, 5) is 5.40. The topological polar surface area (TPSA) is 52.7 Å². The van der Waals surface area contributed by atoms with Gasteiger partial charge in [-0.3, -0.25) is 4.90 Å². The van der Waals surface area contributed by atoms with E-state index in [0.29, 0.717) is 10.9 Å². The molecule has 0 atom stereocenters. The van der Waals surface area contributed by atoms with Crippen molar-refractivity contribution in [2.45, 2.75) is 43.2 Å². The number of likely N-dealkylation sites (tertiary alicyclic amines) is 2. The van der Waals surface area contributed by atoms with Crippen molar-refractivity contribution < 1.29 is 8.42 Å². The predicted molar refractivity (Wildman–Crippen MR) is 102 cm³/mol. The Kier molecular flexibility index (Phi) is 6.49. The summed E-state index contributed by atoms with van der Waals surface area (Å²) in [6.45, 7) is 7.56. The van der Waals surface area contributed by atoms with Gasteiger partial charge in [0.1, 0.15) is 0 Å². The van der Waals surface area contributed by atoms with Crippen LogP contribution in [0.25, 0.3) is 0 Å². The van der Waals surface area contributed by atoms with E-state index in [0.717, 1.165) is 44.6 Å². The lowest BCUT2D eigenvalue weighted by Crippen LogP contribution is -2.44. The first-order valence-electron chi connectivity index (χ1n) is 9.48. The summed E-state index contributed by atoms with van der Waals surface area (Å²) in [6, 6.07) is 7.99. The zero-order chi connectivity index (χ0) is 17.7. The van der Waals surface area contributed by atoms with Gasteiger partial charge in [-0.15, -0.1) is 0 Å². The number of benzene rings is 1. The van der Waals surface area contributed by atoms with Crippen LogP contribution in [-0.4, -0.2) is 69.8 Å². The van der Waals surface area contributed by atoms with Gasteiger partial charge in [0.25, 0.3) is 0 Å². The molecule has 1 aromatic rings. The number of piperidine rings is 1.